The van der Waals surface area contributed by atoms with Gasteiger partial charge in [0.15, 0.2) is 0 Å². The SMILES string of the molecule is CN1CCC(C(=O)N(Cc2cccc3cc4cnn(C)c4c(Cl)c23)c2cc(F)cc(C=CC(=O)O)c2)CC1. The van der Waals surface area contributed by atoms with Crippen molar-refractivity contribution in [2.45, 2.75) is 19.4 Å². The molecule has 0 saturated carbocycles. The lowest BCUT2D eigenvalue weighted by Gasteiger charge is -2.33. The number of aliphatic carboxylic acids is 1. The van der Waals surface area contributed by atoms with E-state index in [0.717, 1.165) is 46.4 Å². The largest absolute Gasteiger partial charge is 0.478 e. The molecule has 0 atom stereocenters. The van der Waals surface area contributed by atoms with Crippen LogP contribution in [0, 0.1) is 11.7 Å². The molecule has 4 aromatic rings. The van der Waals surface area contributed by atoms with Crippen molar-refractivity contribution in [1.29, 1.82) is 0 Å². The molecule has 0 spiro atoms. The number of carbonyl (C=O) groups excluding carboxylic acids is 1. The van der Waals surface area contributed by atoms with E-state index in [1.54, 1.807) is 21.8 Å². The molecule has 3 aromatic carbocycles. The van der Waals surface area contributed by atoms with Crippen molar-refractivity contribution in [2.24, 2.45) is 13.0 Å². The third-order valence-corrected chi connectivity index (χ3v) is 7.55. The third-order valence-electron chi connectivity index (χ3n) is 7.19. The molecule has 0 radical (unpaired) electrons. The molecule has 1 aromatic heterocycles. The van der Waals surface area contributed by atoms with Gasteiger partial charge in [-0.05, 0) is 79.8 Å². The van der Waals surface area contributed by atoms with Crippen molar-refractivity contribution in [3.05, 3.63) is 76.7 Å². The van der Waals surface area contributed by atoms with Crippen LogP contribution in [0.15, 0.2) is 54.7 Å². The summed E-state index contributed by atoms with van der Waals surface area (Å²) in [5, 5.41) is 16.6. The van der Waals surface area contributed by atoms with Gasteiger partial charge in [0.2, 0.25) is 5.91 Å². The highest BCUT2D eigenvalue weighted by molar-refractivity contribution is 6.40. The van der Waals surface area contributed by atoms with Crippen molar-refractivity contribution in [2.75, 3.05) is 25.0 Å². The number of carboxylic acid groups (broad SMARTS) is 1. The van der Waals surface area contributed by atoms with Gasteiger partial charge in [-0.2, -0.15) is 5.10 Å². The molecule has 2 heterocycles. The first-order valence-corrected chi connectivity index (χ1v) is 12.8. The molecule has 0 aliphatic carbocycles. The molecule has 1 saturated heterocycles. The van der Waals surface area contributed by atoms with E-state index in [0.29, 0.717) is 29.1 Å². The molecule has 1 aliphatic rings. The van der Waals surface area contributed by atoms with Gasteiger partial charge in [-0.25, -0.2) is 9.18 Å². The van der Waals surface area contributed by atoms with E-state index < -0.39 is 11.8 Å². The molecule has 9 heteroatoms. The molecule has 38 heavy (non-hydrogen) atoms. The Labute approximate surface area is 224 Å². The Morgan fingerprint density at radius 3 is 2.66 bits per heavy atom. The van der Waals surface area contributed by atoms with Crippen molar-refractivity contribution in [3.8, 4) is 0 Å². The first kappa shape index (κ1) is 25.9. The van der Waals surface area contributed by atoms with Gasteiger partial charge >= 0.3 is 5.97 Å². The second kappa shape index (κ2) is 10.6. The van der Waals surface area contributed by atoms with Crippen LogP contribution in [0.5, 0.6) is 0 Å². The fraction of sp³-hybridized carbons (Fsp3) is 0.276. The number of anilines is 1. The highest BCUT2D eigenvalue weighted by Crippen LogP contribution is 2.36. The Morgan fingerprint density at radius 1 is 1.16 bits per heavy atom. The van der Waals surface area contributed by atoms with Gasteiger partial charge in [-0.1, -0.05) is 29.8 Å². The zero-order valence-corrected chi connectivity index (χ0v) is 22.0. The predicted octanol–water partition coefficient (Wildman–Crippen LogP) is 5.49. The monoisotopic (exact) mass is 534 g/mol. The summed E-state index contributed by atoms with van der Waals surface area (Å²) >= 11 is 6.93. The number of aromatic nitrogens is 2. The number of halogens is 2. The molecule has 0 bridgehead atoms. The van der Waals surface area contributed by atoms with E-state index in [1.807, 2.05) is 38.4 Å². The van der Waals surface area contributed by atoms with Crippen LogP contribution >= 0.6 is 11.6 Å². The lowest BCUT2D eigenvalue weighted by atomic mass is 9.94. The third kappa shape index (κ3) is 5.14. The van der Waals surface area contributed by atoms with E-state index in [2.05, 4.69) is 10.00 Å². The van der Waals surface area contributed by atoms with Crippen LogP contribution in [-0.2, 0) is 23.2 Å². The molecule has 1 amide bonds. The quantitative estimate of drug-likeness (QED) is 0.331. The van der Waals surface area contributed by atoms with Gasteiger partial charge in [0.05, 0.1) is 23.3 Å². The summed E-state index contributed by atoms with van der Waals surface area (Å²) in [6.07, 6.45) is 5.45. The number of aryl methyl sites for hydroxylation is 1. The molecule has 196 valence electrons. The van der Waals surface area contributed by atoms with Gasteiger partial charge in [0.1, 0.15) is 5.82 Å². The van der Waals surface area contributed by atoms with Crippen LogP contribution in [0.25, 0.3) is 27.8 Å². The fourth-order valence-corrected chi connectivity index (χ4v) is 5.68. The van der Waals surface area contributed by atoms with E-state index in [-0.39, 0.29) is 18.4 Å². The number of hydrogen-bond acceptors (Lipinski definition) is 4. The smallest absolute Gasteiger partial charge is 0.328 e. The summed E-state index contributed by atoms with van der Waals surface area (Å²) < 4.78 is 16.5. The number of hydrogen-bond donors (Lipinski definition) is 1. The summed E-state index contributed by atoms with van der Waals surface area (Å²) in [7, 11) is 3.86. The first-order chi connectivity index (χ1) is 18.2. The lowest BCUT2D eigenvalue weighted by molar-refractivity contribution is -0.131. The number of fused-ring (bicyclic) bond motifs is 2. The van der Waals surface area contributed by atoms with Crippen LogP contribution in [0.1, 0.15) is 24.0 Å². The normalized spacial score (nSPS) is 15.1. The molecule has 7 nitrogen and oxygen atoms in total. The van der Waals surface area contributed by atoms with Crippen molar-refractivity contribution >= 4 is 56.9 Å². The molecule has 5 rings (SSSR count). The average molecular weight is 535 g/mol. The molecule has 1 aliphatic heterocycles. The topological polar surface area (TPSA) is 78.7 Å². The van der Waals surface area contributed by atoms with E-state index >= 15 is 0 Å². The molecular formula is C29H28ClFN4O3. The Balaban J connectivity index is 1.62. The summed E-state index contributed by atoms with van der Waals surface area (Å²) in [5.74, 6) is -1.99. The summed E-state index contributed by atoms with van der Waals surface area (Å²) in [6, 6.07) is 12.0. The van der Waals surface area contributed by atoms with Crippen LogP contribution in [0.2, 0.25) is 5.02 Å². The predicted molar refractivity (Wildman–Crippen MR) is 148 cm³/mol. The Morgan fingerprint density at radius 2 is 1.92 bits per heavy atom. The second-order valence-corrected chi connectivity index (χ2v) is 10.2. The summed E-state index contributed by atoms with van der Waals surface area (Å²) in [5.41, 5.74) is 2.35. The van der Waals surface area contributed by atoms with Crippen molar-refractivity contribution in [1.82, 2.24) is 14.7 Å². The Hall–Kier alpha value is -3.75. The molecule has 1 N–H and O–H groups in total. The number of amides is 1. The number of rotatable bonds is 6. The van der Waals surface area contributed by atoms with Crippen LogP contribution in [0.3, 0.4) is 0 Å². The maximum Gasteiger partial charge on any atom is 0.328 e. The van der Waals surface area contributed by atoms with Crippen molar-refractivity contribution in [3.63, 3.8) is 0 Å². The van der Waals surface area contributed by atoms with Gasteiger partial charge in [0.25, 0.3) is 0 Å². The highest BCUT2D eigenvalue weighted by atomic mass is 35.5. The Kier molecular flexibility index (Phi) is 7.19. The zero-order valence-electron chi connectivity index (χ0n) is 21.2. The summed E-state index contributed by atoms with van der Waals surface area (Å²) in [6.45, 7) is 1.79. The van der Waals surface area contributed by atoms with Crippen LogP contribution < -0.4 is 4.90 Å². The Bertz CT molecular complexity index is 1570. The minimum atomic E-state index is -1.14. The number of nitrogens with zero attached hydrogens (tertiary/aromatic N) is 4. The number of carbonyl (C=O) groups is 2. The molecule has 1 fully saturated rings. The molecule has 0 unspecified atom stereocenters. The standard InChI is InChI=1S/C29H28ClFN4O3/c1-33-10-8-19(9-11-33)29(38)35(24-13-18(6-7-25(36)37)12-23(31)15-24)17-21-5-3-4-20-14-22-16-32-34(2)28(22)27(30)26(20)21/h3-7,12-16,19H,8-11,17H2,1-2H3,(H,36,37). The van der Waals surface area contributed by atoms with E-state index in [9.17, 15) is 14.0 Å². The van der Waals surface area contributed by atoms with E-state index in [1.165, 1.54) is 18.2 Å². The zero-order chi connectivity index (χ0) is 27.0. The van der Waals surface area contributed by atoms with Gasteiger partial charge < -0.3 is 14.9 Å². The second-order valence-electron chi connectivity index (χ2n) is 9.83. The lowest BCUT2D eigenvalue weighted by Crippen LogP contribution is -2.41. The van der Waals surface area contributed by atoms with Crippen LogP contribution in [0.4, 0.5) is 10.1 Å². The average Bonchev–Trinajstić information content (AvgIpc) is 3.26. The maximum atomic E-state index is 14.8. The highest BCUT2D eigenvalue weighted by Gasteiger charge is 2.29. The number of piperidine rings is 1. The van der Waals surface area contributed by atoms with Gasteiger partial charge in [-0.3, -0.25) is 9.48 Å². The number of likely N-dealkylation sites (tertiary alicyclic amines) is 1. The van der Waals surface area contributed by atoms with E-state index in [4.69, 9.17) is 16.7 Å². The van der Waals surface area contributed by atoms with Gasteiger partial charge in [-0.15, -0.1) is 0 Å². The minimum absolute atomic E-state index is 0.0911. The summed E-state index contributed by atoms with van der Waals surface area (Å²) in [4.78, 5) is 28.8. The maximum absolute atomic E-state index is 14.8. The number of benzene rings is 3. The minimum Gasteiger partial charge on any atom is -0.478 e. The fourth-order valence-electron chi connectivity index (χ4n) is 5.21. The van der Waals surface area contributed by atoms with Crippen molar-refractivity contribution < 1.29 is 19.1 Å². The first-order valence-electron chi connectivity index (χ1n) is 12.4. The van der Waals surface area contributed by atoms with Crippen LogP contribution in [-0.4, -0.2) is 51.8 Å². The molecular weight excluding hydrogens is 507 g/mol. The number of carboxylic acids is 1. The van der Waals surface area contributed by atoms with Gasteiger partial charge in [0, 0.05) is 35.5 Å².